The average Bonchev–Trinajstić information content (AvgIpc) is 1.98. The SMILES string of the molecule is COC(=O)/C(=C\C(C)C)OC. The van der Waals surface area contributed by atoms with Crippen molar-refractivity contribution >= 4 is 5.97 Å². The van der Waals surface area contributed by atoms with Gasteiger partial charge in [-0.2, -0.15) is 0 Å². The van der Waals surface area contributed by atoms with E-state index in [4.69, 9.17) is 4.74 Å². The maximum absolute atomic E-state index is 10.9. The summed E-state index contributed by atoms with van der Waals surface area (Å²) in [5, 5.41) is 0. The van der Waals surface area contributed by atoms with E-state index in [9.17, 15) is 4.79 Å². The first-order chi connectivity index (χ1) is 5.11. The van der Waals surface area contributed by atoms with Gasteiger partial charge >= 0.3 is 5.97 Å². The summed E-state index contributed by atoms with van der Waals surface area (Å²) in [6.45, 7) is 3.92. The molecule has 11 heavy (non-hydrogen) atoms. The summed E-state index contributed by atoms with van der Waals surface area (Å²) in [7, 11) is 2.78. The Labute approximate surface area is 67.0 Å². The van der Waals surface area contributed by atoms with Crippen LogP contribution in [-0.4, -0.2) is 20.2 Å². The molecule has 0 fully saturated rings. The summed E-state index contributed by atoms with van der Waals surface area (Å²) in [6, 6.07) is 0. The number of hydrogen-bond donors (Lipinski definition) is 0. The number of carbonyl (C=O) groups excluding carboxylic acids is 1. The van der Waals surface area contributed by atoms with Crippen molar-refractivity contribution in [1.29, 1.82) is 0 Å². The fourth-order valence-corrected chi connectivity index (χ4v) is 0.623. The smallest absolute Gasteiger partial charge is 0.372 e. The number of hydrogen-bond acceptors (Lipinski definition) is 3. The molecule has 3 nitrogen and oxygen atoms in total. The molecule has 64 valence electrons. The zero-order valence-corrected chi connectivity index (χ0v) is 7.38. The van der Waals surface area contributed by atoms with E-state index in [-0.39, 0.29) is 11.7 Å². The molecule has 0 unspecified atom stereocenters. The number of ether oxygens (including phenoxy) is 2. The van der Waals surface area contributed by atoms with Crippen LogP contribution in [0.1, 0.15) is 13.8 Å². The number of methoxy groups -OCH3 is 2. The van der Waals surface area contributed by atoms with Crippen molar-refractivity contribution < 1.29 is 14.3 Å². The van der Waals surface area contributed by atoms with E-state index in [1.807, 2.05) is 13.8 Å². The molecule has 0 amide bonds. The molecule has 0 aromatic carbocycles. The highest BCUT2D eigenvalue weighted by Crippen LogP contribution is 2.04. The van der Waals surface area contributed by atoms with Crippen molar-refractivity contribution in [3.8, 4) is 0 Å². The minimum absolute atomic E-state index is 0.266. The van der Waals surface area contributed by atoms with Crippen LogP contribution in [0.2, 0.25) is 0 Å². The molecule has 0 bridgehead atoms. The summed E-state index contributed by atoms with van der Waals surface area (Å²) in [6.07, 6.45) is 1.71. The Morgan fingerprint density at radius 1 is 1.27 bits per heavy atom. The second-order valence-corrected chi connectivity index (χ2v) is 2.47. The van der Waals surface area contributed by atoms with Crippen molar-refractivity contribution in [2.24, 2.45) is 5.92 Å². The van der Waals surface area contributed by atoms with Crippen LogP contribution in [0.15, 0.2) is 11.8 Å². The zero-order chi connectivity index (χ0) is 8.85. The third kappa shape index (κ3) is 3.65. The first-order valence-corrected chi connectivity index (χ1v) is 3.46. The molecule has 0 radical (unpaired) electrons. The predicted octanol–water partition coefficient (Wildman–Crippen LogP) is 1.35. The zero-order valence-electron chi connectivity index (χ0n) is 7.38. The fraction of sp³-hybridized carbons (Fsp3) is 0.625. The van der Waals surface area contributed by atoms with Crippen LogP contribution in [-0.2, 0) is 14.3 Å². The highest BCUT2D eigenvalue weighted by atomic mass is 16.6. The van der Waals surface area contributed by atoms with Gasteiger partial charge in [-0.05, 0) is 12.0 Å². The molecule has 0 aliphatic carbocycles. The molecule has 0 spiro atoms. The van der Waals surface area contributed by atoms with Crippen LogP contribution in [0.3, 0.4) is 0 Å². The molecular formula is C8H14O3. The molecule has 0 N–H and O–H groups in total. The first-order valence-electron chi connectivity index (χ1n) is 3.46. The molecule has 0 atom stereocenters. The van der Waals surface area contributed by atoms with Crippen LogP contribution in [0.5, 0.6) is 0 Å². The van der Waals surface area contributed by atoms with Gasteiger partial charge in [0.15, 0.2) is 0 Å². The van der Waals surface area contributed by atoms with E-state index in [1.165, 1.54) is 14.2 Å². The summed E-state index contributed by atoms with van der Waals surface area (Å²) in [5.74, 6) is 0.118. The lowest BCUT2D eigenvalue weighted by Gasteiger charge is -2.04. The maximum atomic E-state index is 10.9. The molecule has 0 saturated carbocycles. The van der Waals surface area contributed by atoms with Gasteiger partial charge in [-0.15, -0.1) is 0 Å². The highest BCUT2D eigenvalue weighted by molar-refractivity contribution is 5.86. The van der Waals surface area contributed by atoms with Crippen molar-refractivity contribution in [1.82, 2.24) is 0 Å². The van der Waals surface area contributed by atoms with Gasteiger partial charge in [-0.1, -0.05) is 13.8 Å². The summed E-state index contributed by atoms with van der Waals surface area (Å²) in [4.78, 5) is 10.9. The molecule has 0 rings (SSSR count). The van der Waals surface area contributed by atoms with Gasteiger partial charge in [0.25, 0.3) is 0 Å². The highest BCUT2D eigenvalue weighted by Gasteiger charge is 2.08. The molecule has 0 aromatic rings. The molecule has 0 saturated heterocycles. The van der Waals surface area contributed by atoms with Gasteiger partial charge in [0, 0.05) is 0 Å². The van der Waals surface area contributed by atoms with Crippen LogP contribution in [0.4, 0.5) is 0 Å². The Morgan fingerprint density at radius 2 is 1.82 bits per heavy atom. The maximum Gasteiger partial charge on any atom is 0.372 e. The minimum atomic E-state index is -0.429. The van der Waals surface area contributed by atoms with E-state index >= 15 is 0 Å². The van der Waals surface area contributed by atoms with E-state index < -0.39 is 5.97 Å². The number of carbonyl (C=O) groups is 1. The van der Waals surface area contributed by atoms with Gasteiger partial charge in [0.2, 0.25) is 5.76 Å². The van der Waals surface area contributed by atoms with E-state index in [1.54, 1.807) is 6.08 Å². The third-order valence-corrected chi connectivity index (χ3v) is 1.09. The van der Waals surface area contributed by atoms with Gasteiger partial charge < -0.3 is 9.47 Å². The van der Waals surface area contributed by atoms with Crippen LogP contribution >= 0.6 is 0 Å². The Morgan fingerprint density at radius 3 is 2.09 bits per heavy atom. The molecule has 3 heteroatoms. The molecule has 0 heterocycles. The Kier molecular flexibility index (Phi) is 4.34. The van der Waals surface area contributed by atoms with Crippen molar-refractivity contribution in [3.63, 3.8) is 0 Å². The number of rotatable bonds is 3. The lowest BCUT2D eigenvalue weighted by molar-refractivity contribution is -0.139. The molecule has 0 aliphatic heterocycles. The fourth-order valence-electron chi connectivity index (χ4n) is 0.623. The number of esters is 1. The quantitative estimate of drug-likeness (QED) is 0.353. The van der Waals surface area contributed by atoms with Crippen molar-refractivity contribution in [3.05, 3.63) is 11.8 Å². The first kappa shape index (κ1) is 10.0. The Hall–Kier alpha value is -0.990. The van der Waals surface area contributed by atoms with Gasteiger partial charge in [0.05, 0.1) is 14.2 Å². The lowest BCUT2D eigenvalue weighted by atomic mass is 10.2. The predicted molar refractivity (Wildman–Crippen MR) is 41.9 cm³/mol. The summed E-state index contributed by atoms with van der Waals surface area (Å²) >= 11 is 0. The van der Waals surface area contributed by atoms with Gasteiger partial charge in [-0.25, -0.2) is 4.79 Å². The summed E-state index contributed by atoms with van der Waals surface area (Å²) < 4.78 is 9.27. The number of allylic oxidation sites excluding steroid dienone is 1. The van der Waals surface area contributed by atoms with Gasteiger partial charge in [-0.3, -0.25) is 0 Å². The second kappa shape index (κ2) is 4.77. The van der Waals surface area contributed by atoms with Crippen LogP contribution < -0.4 is 0 Å². The Balaban J connectivity index is 4.27. The normalized spacial score (nSPS) is 11.5. The standard InChI is InChI=1S/C8H14O3/c1-6(2)5-7(10-3)8(9)11-4/h5-6H,1-4H3/b7-5+. The van der Waals surface area contributed by atoms with Crippen molar-refractivity contribution in [2.75, 3.05) is 14.2 Å². The average molecular weight is 158 g/mol. The largest absolute Gasteiger partial charge is 0.490 e. The van der Waals surface area contributed by atoms with E-state index in [0.717, 1.165) is 0 Å². The lowest BCUT2D eigenvalue weighted by Crippen LogP contribution is -2.07. The second-order valence-electron chi connectivity index (χ2n) is 2.47. The monoisotopic (exact) mass is 158 g/mol. The molecular weight excluding hydrogens is 144 g/mol. The van der Waals surface area contributed by atoms with Gasteiger partial charge in [0.1, 0.15) is 0 Å². The summed E-state index contributed by atoms with van der Waals surface area (Å²) in [5.41, 5.74) is 0. The van der Waals surface area contributed by atoms with Crippen LogP contribution in [0, 0.1) is 5.92 Å². The Bertz CT molecular complexity index is 159. The topological polar surface area (TPSA) is 35.5 Å². The third-order valence-electron chi connectivity index (χ3n) is 1.09. The van der Waals surface area contributed by atoms with E-state index in [2.05, 4.69) is 4.74 Å². The minimum Gasteiger partial charge on any atom is -0.490 e. The van der Waals surface area contributed by atoms with Crippen molar-refractivity contribution in [2.45, 2.75) is 13.8 Å². The van der Waals surface area contributed by atoms with E-state index in [0.29, 0.717) is 0 Å². The molecule has 0 aliphatic rings. The van der Waals surface area contributed by atoms with Crippen LogP contribution in [0.25, 0.3) is 0 Å². The molecule has 0 aromatic heterocycles.